The Bertz CT molecular complexity index is 948. The average Bonchev–Trinajstić information content (AvgIpc) is 3.24. The number of carbonyl (C=O) groups is 1. The minimum atomic E-state index is -3.65. The number of rotatable bonds is 6. The summed E-state index contributed by atoms with van der Waals surface area (Å²) in [5, 5.41) is 3.14. The molecule has 1 aliphatic rings. The Hall–Kier alpha value is -1.37. The molecule has 1 fully saturated rings. The first-order chi connectivity index (χ1) is 12.6. The highest BCUT2D eigenvalue weighted by Crippen LogP contribution is 2.38. The van der Waals surface area contributed by atoms with E-state index in [4.69, 9.17) is 9.47 Å². The summed E-state index contributed by atoms with van der Waals surface area (Å²) in [6, 6.07) is 3.31. The standard InChI is InChI=1S/C16H21N3O5S3/c1-9-14(26-15(18-9)19-10(2)20)12-5-6-13(25-12)27(21,22)17-7-11-8-23-16(3,4)24-11/h5-6,11,17H,7-8H2,1-4H3,(H,18,19,20). The van der Waals surface area contributed by atoms with E-state index in [2.05, 4.69) is 15.0 Å². The van der Waals surface area contributed by atoms with E-state index >= 15 is 0 Å². The molecule has 0 spiro atoms. The van der Waals surface area contributed by atoms with E-state index < -0.39 is 15.8 Å². The van der Waals surface area contributed by atoms with Gasteiger partial charge in [0.25, 0.3) is 0 Å². The molecule has 0 saturated carbocycles. The molecule has 3 rings (SSSR count). The first kappa shape index (κ1) is 20.4. The molecule has 0 bridgehead atoms. The fourth-order valence-electron chi connectivity index (χ4n) is 2.55. The molecule has 0 radical (unpaired) electrons. The quantitative estimate of drug-likeness (QED) is 0.728. The lowest BCUT2D eigenvalue weighted by atomic mass is 10.3. The van der Waals surface area contributed by atoms with Gasteiger partial charge in [-0.15, -0.1) is 11.3 Å². The Morgan fingerprint density at radius 2 is 2.11 bits per heavy atom. The number of ether oxygens (including phenoxy) is 2. The van der Waals surface area contributed by atoms with E-state index in [9.17, 15) is 13.2 Å². The Kier molecular flexibility index (Phi) is 5.71. The molecule has 2 aromatic heterocycles. The Balaban J connectivity index is 1.71. The second kappa shape index (κ2) is 7.57. The van der Waals surface area contributed by atoms with Crippen LogP contribution in [-0.4, -0.2) is 44.4 Å². The number of hydrogen-bond donors (Lipinski definition) is 2. The van der Waals surface area contributed by atoms with E-state index in [1.807, 2.05) is 6.92 Å². The highest BCUT2D eigenvalue weighted by molar-refractivity contribution is 7.91. The second-order valence-corrected chi connectivity index (χ2v) is 10.6. The summed E-state index contributed by atoms with van der Waals surface area (Å²) in [6.07, 6.45) is -0.321. The van der Waals surface area contributed by atoms with Crippen LogP contribution in [0.2, 0.25) is 0 Å². The van der Waals surface area contributed by atoms with Crippen LogP contribution in [0, 0.1) is 6.92 Å². The summed E-state index contributed by atoms with van der Waals surface area (Å²) in [7, 11) is -3.65. The number of aryl methyl sites for hydroxylation is 1. The third-order valence-electron chi connectivity index (χ3n) is 3.72. The normalized spacial score (nSPS) is 19.3. The van der Waals surface area contributed by atoms with Crippen molar-refractivity contribution < 1.29 is 22.7 Å². The molecule has 148 valence electrons. The van der Waals surface area contributed by atoms with Crippen LogP contribution in [0.4, 0.5) is 5.13 Å². The molecule has 0 aliphatic carbocycles. The van der Waals surface area contributed by atoms with Crippen molar-refractivity contribution in [3.8, 4) is 9.75 Å². The maximum absolute atomic E-state index is 12.6. The predicted molar refractivity (Wildman–Crippen MR) is 105 cm³/mol. The van der Waals surface area contributed by atoms with Gasteiger partial charge in [-0.05, 0) is 32.9 Å². The van der Waals surface area contributed by atoms with Gasteiger partial charge in [0.1, 0.15) is 4.21 Å². The molecule has 1 unspecified atom stereocenters. The zero-order valence-electron chi connectivity index (χ0n) is 15.4. The molecule has 1 saturated heterocycles. The van der Waals surface area contributed by atoms with E-state index in [1.54, 1.807) is 26.0 Å². The predicted octanol–water partition coefficient (Wildman–Crippen LogP) is 2.57. The summed E-state index contributed by atoms with van der Waals surface area (Å²) in [5.41, 5.74) is 0.737. The molecule has 27 heavy (non-hydrogen) atoms. The van der Waals surface area contributed by atoms with Gasteiger partial charge in [-0.1, -0.05) is 11.3 Å². The number of sulfonamides is 1. The van der Waals surface area contributed by atoms with Crippen LogP contribution in [-0.2, 0) is 24.3 Å². The van der Waals surface area contributed by atoms with Gasteiger partial charge in [-0.3, -0.25) is 4.79 Å². The molecular formula is C16H21N3O5S3. The number of aromatic nitrogens is 1. The number of carbonyl (C=O) groups excluding carboxylic acids is 1. The van der Waals surface area contributed by atoms with Crippen LogP contribution in [0.15, 0.2) is 16.3 Å². The van der Waals surface area contributed by atoms with Crippen molar-refractivity contribution in [2.45, 2.75) is 43.8 Å². The van der Waals surface area contributed by atoms with Crippen molar-refractivity contribution >= 4 is 43.7 Å². The Labute approximate surface area is 166 Å². The third-order valence-corrected chi connectivity index (χ3v) is 7.97. The van der Waals surface area contributed by atoms with Crippen LogP contribution in [0.1, 0.15) is 26.5 Å². The van der Waals surface area contributed by atoms with Crippen LogP contribution in [0.5, 0.6) is 0 Å². The van der Waals surface area contributed by atoms with E-state index in [-0.39, 0.29) is 22.8 Å². The zero-order chi connectivity index (χ0) is 19.8. The highest BCUT2D eigenvalue weighted by atomic mass is 32.2. The summed E-state index contributed by atoms with van der Waals surface area (Å²) < 4.78 is 39.0. The van der Waals surface area contributed by atoms with Gasteiger partial charge >= 0.3 is 0 Å². The topological polar surface area (TPSA) is 107 Å². The van der Waals surface area contributed by atoms with Gasteiger partial charge in [0.15, 0.2) is 10.9 Å². The van der Waals surface area contributed by atoms with Crippen molar-refractivity contribution in [1.82, 2.24) is 9.71 Å². The third kappa shape index (κ3) is 4.92. The van der Waals surface area contributed by atoms with E-state index in [0.29, 0.717) is 11.7 Å². The van der Waals surface area contributed by atoms with Gasteiger partial charge in [0.05, 0.1) is 23.3 Å². The molecule has 1 atom stereocenters. The van der Waals surface area contributed by atoms with Crippen molar-refractivity contribution in [2.24, 2.45) is 0 Å². The number of thiophene rings is 1. The van der Waals surface area contributed by atoms with Crippen molar-refractivity contribution in [2.75, 3.05) is 18.5 Å². The summed E-state index contributed by atoms with van der Waals surface area (Å²) in [6.45, 7) is 7.31. The lowest BCUT2D eigenvalue weighted by Gasteiger charge is -2.17. The van der Waals surface area contributed by atoms with E-state index in [1.165, 1.54) is 18.3 Å². The molecule has 1 aliphatic heterocycles. The molecule has 2 N–H and O–H groups in total. The number of amides is 1. The summed E-state index contributed by atoms with van der Waals surface area (Å²) in [4.78, 5) is 17.1. The molecule has 11 heteroatoms. The molecule has 0 aromatic carbocycles. The monoisotopic (exact) mass is 431 g/mol. The fourth-order valence-corrected chi connectivity index (χ4v) is 6.14. The maximum Gasteiger partial charge on any atom is 0.250 e. The molecule has 2 aromatic rings. The molecule has 8 nitrogen and oxygen atoms in total. The lowest BCUT2D eigenvalue weighted by Crippen LogP contribution is -2.34. The Morgan fingerprint density at radius 3 is 2.74 bits per heavy atom. The fraction of sp³-hybridized carbons (Fsp3) is 0.500. The van der Waals surface area contributed by atoms with Crippen molar-refractivity contribution in [1.29, 1.82) is 0 Å². The second-order valence-electron chi connectivity index (χ2n) is 6.54. The van der Waals surface area contributed by atoms with Crippen LogP contribution < -0.4 is 10.0 Å². The van der Waals surface area contributed by atoms with Crippen LogP contribution in [0.3, 0.4) is 0 Å². The summed E-state index contributed by atoms with van der Waals surface area (Å²) in [5.74, 6) is -0.892. The largest absolute Gasteiger partial charge is 0.348 e. The number of nitrogens with one attached hydrogen (secondary N) is 2. The highest BCUT2D eigenvalue weighted by Gasteiger charge is 2.33. The number of thiazole rings is 1. The first-order valence-electron chi connectivity index (χ1n) is 8.22. The number of hydrogen-bond acceptors (Lipinski definition) is 8. The summed E-state index contributed by atoms with van der Waals surface area (Å²) >= 11 is 2.47. The molecule has 3 heterocycles. The number of anilines is 1. The SMILES string of the molecule is CC(=O)Nc1nc(C)c(-c2ccc(S(=O)(=O)NCC3COC(C)(C)O3)s2)s1. The smallest absolute Gasteiger partial charge is 0.250 e. The minimum absolute atomic E-state index is 0.144. The van der Waals surface area contributed by atoms with E-state index in [0.717, 1.165) is 26.8 Å². The zero-order valence-corrected chi connectivity index (χ0v) is 17.8. The Morgan fingerprint density at radius 1 is 1.37 bits per heavy atom. The van der Waals surface area contributed by atoms with Crippen molar-refractivity contribution in [3.63, 3.8) is 0 Å². The number of nitrogens with zero attached hydrogens (tertiary/aromatic N) is 1. The van der Waals surface area contributed by atoms with Gasteiger partial charge in [-0.2, -0.15) is 0 Å². The van der Waals surface area contributed by atoms with Gasteiger partial charge in [-0.25, -0.2) is 18.1 Å². The van der Waals surface area contributed by atoms with Crippen LogP contribution in [0.25, 0.3) is 9.75 Å². The lowest BCUT2D eigenvalue weighted by molar-refractivity contribution is -0.137. The van der Waals surface area contributed by atoms with Crippen molar-refractivity contribution in [3.05, 3.63) is 17.8 Å². The van der Waals surface area contributed by atoms with Gasteiger partial charge in [0, 0.05) is 18.3 Å². The van der Waals surface area contributed by atoms with Crippen LogP contribution >= 0.6 is 22.7 Å². The van der Waals surface area contributed by atoms with Gasteiger partial charge in [0.2, 0.25) is 15.9 Å². The average molecular weight is 432 g/mol. The molecule has 1 amide bonds. The maximum atomic E-state index is 12.6. The first-order valence-corrected chi connectivity index (χ1v) is 11.3. The minimum Gasteiger partial charge on any atom is -0.348 e. The van der Waals surface area contributed by atoms with Gasteiger partial charge < -0.3 is 14.8 Å². The molecular weight excluding hydrogens is 410 g/mol.